The van der Waals surface area contributed by atoms with Gasteiger partial charge < -0.3 is 5.32 Å². The molecule has 3 nitrogen and oxygen atoms in total. The van der Waals surface area contributed by atoms with E-state index < -0.39 is 0 Å². The van der Waals surface area contributed by atoms with Crippen molar-refractivity contribution in [3.8, 4) is 0 Å². The van der Waals surface area contributed by atoms with Crippen LogP contribution in [-0.2, 0) is 4.79 Å². The Morgan fingerprint density at radius 1 is 1.35 bits per heavy atom. The van der Waals surface area contributed by atoms with Crippen molar-refractivity contribution in [1.82, 2.24) is 4.98 Å². The number of thioether (sulfide) groups is 1. The summed E-state index contributed by atoms with van der Waals surface area (Å²) in [6, 6.07) is 9.80. The number of fused-ring (bicyclic) bond motifs is 1. The first-order valence-corrected chi connectivity index (χ1v) is 8.20. The number of rotatable bonds is 3. The Balaban J connectivity index is 1.71. The smallest absolute Gasteiger partial charge is 0.224 e. The zero-order chi connectivity index (χ0) is 13.8. The van der Waals surface area contributed by atoms with E-state index in [2.05, 4.69) is 10.3 Å². The molecular formula is C16H18N2OS. The van der Waals surface area contributed by atoms with Gasteiger partial charge in [-0.15, -0.1) is 0 Å². The molecule has 0 bridgehead atoms. The van der Waals surface area contributed by atoms with Crippen molar-refractivity contribution in [3.05, 3.63) is 36.5 Å². The van der Waals surface area contributed by atoms with Crippen LogP contribution in [0.2, 0.25) is 0 Å². The van der Waals surface area contributed by atoms with E-state index >= 15 is 0 Å². The van der Waals surface area contributed by atoms with Crippen molar-refractivity contribution in [1.29, 1.82) is 0 Å². The highest BCUT2D eigenvalue weighted by Gasteiger charge is 2.17. The lowest BCUT2D eigenvalue weighted by Gasteiger charge is -2.20. The summed E-state index contributed by atoms with van der Waals surface area (Å²) in [5, 5.41) is 4.08. The third-order valence-electron chi connectivity index (χ3n) is 3.64. The standard InChI is InChI=1S/C16H18N2OS/c19-15(10-12-4-3-9-20-11-12)18-14-7-1-5-13-6-2-8-17-16(13)14/h1-2,5-8,12H,3-4,9-11H2,(H,18,19). The summed E-state index contributed by atoms with van der Waals surface area (Å²) in [7, 11) is 0. The molecule has 0 aliphatic carbocycles. The van der Waals surface area contributed by atoms with E-state index in [0.29, 0.717) is 12.3 Å². The molecule has 1 saturated heterocycles. The number of carbonyl (C=O) groups is 1. The Hall–Kier alpha value is -1.55. The van der Waals surface area contributed by atoms with Crippen LogP contribution in [-0.4, -0.2) is 22.4 Å². The number of amides is 1. The van der Waals surface area contributed by atoms with E-state index in [1.165, 1.54) is 18.6 Å². The normalized spacial score (nSPS) is 18.9. The minimum absolute atomic E-state index is 0.107. The van der Waals surface area contributed by atoms with Gasteiger partial charge in [-0.2, -0.15) is 11.8 Å². The van der Waals surface area contributed by atoms with E-state index in [1.54, 1.807) is 6.20 Å². The molecule has 0 radical (unpaired) electrons. The SMILES string of the molecule is O=C(CC1CCCSC1)Nc1cccc2cccnc12. The van der Waals surface area contributed by atoms with Crippen LogP contribution in [0, 0.1) is 5.92 Å². The summed E-state index contributed by atoms with van der Waals surface area (Å²) in [5.41, 5.74) is 1.68. The topological polar surface area (TPSA) is 42.0 Å². The van der Waals surface area contributed by atoms with Gasteiger partial charge in [0.25, 0.3) is 0 Å². The van der Waals surface area contributed by atoms with Crippen LogP contribution in [0.4, 0.5) is 5.69 Å². The molecule has 2 aromatic rings. The summed E-state index contributed by atoms with van der Waals surface area (Å²) in [5.74, 6) is 2.99. The fourth-order valence-electron chi connectivity index (χ4n) is 2.64. The summed E-state index contributed by atoms with van der Waals surface area (Å²) in [4.78, 5) is 16.5. The zero-order valence-electron chi connectivity index (χ0n) is 11.3. The third kappa shape index (κ3) is 3.12. The minimum Gasteiger partial charge on any atom is -0.324 e. The molecule has 2 heterocycles. The molecule has 1 amide bonds. The van der Waals surface area contributed by atoms with E-state index in [9.17, 15) is 4.79 Å². The van der Waals surface area contributed by atoms with Gasteiger partial charge in [0.05, 0.1) is 11.2 Å². The molecule has 0 spiro atoms. The van der Waals surface area contributed by atoms with Crippen molar-refractivity contribution in [2.45, 2.75) is 19.3 Å². The highest BCUT2D eigenvalue weighted by atomic mass is 32.2. The molecule has 0 saturated carbocycles. The molecule has 1 unspecified atom stereocenters. The molecule has 1 atom stereocenters. The lowest BCUT2D eigenvalue weighted by Crippen LogP contribution is -2.20. The van der Waals surface area contributed by atoms with Gasteiger partial charge in [0.1, 0.15) is 0 Å². The van der Waals surface area contributed by atoms with Gasteiger partial charge in [0.2, 0.25) is 5.91 Å². The average Bonchev–Trinajstić information content (AvgIpc) is 2.48. The van der Waals surface area contributed by atoms with E-state index in [1.807, 2.05) is 42.1 Å². The zero-order valence-corrected chi connectivity index (χ0v) is 12.2. The number of para-hydroxylation sites is 1. The van der Waals surface area contributed by atoms with E-state index in [4.69, 9.17) is 0 Å². The van der Waals surface area contributed by atoms with Crippen molar-refractivity contribution >= 4 is 34.3 Å². The molecule has 3 rings (SSSR count). The molecule has 1 fully saturated rings. The second-order valence-electron chi connectivity index (χ2n) is 5.22. The largest absolute Gasteiger partial charge is 0.324 e. The van der Waals surface area contributed by atoms with Crippen LogP contribution >= 0.6 is 11.8 Å². The van der Waals surface area contributed by atoms with Crippen LogP contribution in [0.5, 0.6) is 0 Å². The number of pyridine rings is 1. The molecule has 1 aromatic carbocycles. The predicted molar refractivity (Wildman–Crippen MR) is 85.0 cm³/mol. The van der Waals surface area contributed by atoms with Crippen LogP contribution in [0.25, 0.3) is 10.9 Å². The van der Waals surface area contributed by atoms with Crippen molar-refractivity contribution in [2.24, 2.45) is 5.92 Å². The number of carbonyl (C=O) groups excluding carboxylic acids is 1. The summed E-state index contributed by atoms with van der Waals surface area (Å²) < 4.78 is 0. The average molecular weight is 286 g/mol. The fourth-order valence-corrected chi connectivity index (χ4v) is 3.79. The first kappa shape index (κ1) is 13.4. The van der Waals surface area contributed by atoms with E-state index in [-0.39, 0.29) is 5.91 Å². The molecule has 104 valence electrons. The molecule has 4 heteroatoms. The molecule has 1 N–H and O–H groups in total. The Kier molecular flexibility index (Phi) is 4.21. The van der Waals surface area contributed by atoms with Crippen LogP contribution in [0.1, 0.15) is 19.3 Å². The maximum absolute atomic E-state index is 12.2. The third-order valence-corrected chi connectivity index (χ3v) is 4.92. The minimum atomic E-state index is 0.107. The quantitative estimate of drug-likeness (QED) is 0.935. The number of anilines is 1. The maximum atomic E-state index is 12.2. The fraction of sp³-hybridized carbons (Fsp3) is 0.375. The van der Waals surface area contributed by atoms with Crippen molar-refractivity contribution in [2.75, 3.05) is 16.8 Å². The molecule has 20 heavy (non-hydrogen) atoms. The number of hydrogen-bond donors (Lipinski definition) is 1. The molecule has 1 aliphatic heterocycles. The van der Waals surface area contributed by atoms with Gasteiger partial charge in [-0.1, -0.05) is 18.2 Å². The lowest BCUT2D eigenvalue weighted by molar-refractivity contribution is -0.117. The number of benzene rings is 1. The van der Waals surface area contributed by atoms with Gasteiger partial charge in [0, 0.05) is 18.0 Å². The monoisotopic (exact) mass is 286 g/mol. The van der Waals surface area contributed by atoms with Gasteiger partial charge >= 0.3 is 0 Å². The first-order chi connectivity index (χ1) is 9.83. The Labute approximate surface area is 123 Å². The van der Waals surface area contributed by atoms with Gasteiger partial charge in [-0.05, 0) is 42.4 Å². The lowest BCUT2D eigenvalue weighted by atomic mass is 10.0. The highest BCUT2D eigenvalue weighted by molar-refractivity contribution is 7.99. The molecule has 1 aromatic heterocycles. The van der Waals surface area contributed by atoms with Crippen molar-refractivity contribution in [3.63, 3.8) is 0 Å². The summed E-state index contributed by atoms with van der Waals surface area (Å²) in [6.45, 7) is 0. The van der Waals surface area contributed by atoms with Crippen LogP contribution in [0.3, 0.4) is 0 Å². The Morgan fingerprint density at radius 2 is 2.25 bits per heavy atom. The summed E-state index contributed by atoms with van der Waals surface area (Å²) >= 11 is 1.96. The molecular weight excluding hydrogens is 268 g/mol. The van der Waals surface area contributed by atoms with Crippen LogP contribution in [0.15, 0.2) is 36.5 Å². The van der Waals surface area contributed by atoms with E-state index in [0.717, 1.165) is 22.3 Å². The number of aromatic nitrogens is 1. The number of nitrogens with one attached hydrogen (secondary N) is 1. The second-order valence-corrected chi connectivity index (χ2v) is 6.37. The Morgan fingerprint density at radius 3 is 3.10 bits per heavy atom. The molecule has 1 aliphatic rings. The van der Waals surface area contributed by atoms with Crippen molar-refractivity contribution < 1.29 is 4.79 Å². The number of hydrogen-bond acceptors (Lipinski definition) is 3. The first-order valence-electron chi connectivity index (χ1n) is 7.04. The van der Waals surface area contributed by atoms with Gasteiger partial charge in [-0.3, -0.25) is 9.78 Å². The van der Waals surface area contributed by atoms with Gasteiger partial charge in [0.15, 0.2) is 0 Å². The second kappa shape index (κ2) is 6.27. The van der Waals surface area contributed by atoms with Crippen LogP contribution < -0.4 is 5.32 Å². The Bertz CT molecular complexity index is 603. The number of nitrogens with zero attached hydrogens (tertiary/aromatic N) is 1. The summed E-state index contributed by atoms with van der Waals surface area (Å²) in [6.07, 6.45) is 4.79. The highest BCUT2D eigenvalue weighted by Crippen LogP contribution is 2.26. The maximum Gasteiger partial charge on any atom is 0.224 e. The van der Waals surface area contributed by atoms with Gasteiger partial charge in [-0.25, -0.2) is 0 Å². The predicted octanol–water partition coefficient (Wildman–Crippen LogP) is 3.71.